The maximum absolute atomic E-state index is 11.1. The Kier molecular flexibility index (Phi) is 3.76. The van der Waals surface area contributed by atoms with E-state index in [1.165, 1.54) is 17.3 Å². The van der Waals surface area contributed by atoms with E-state index in [4.69, 9.17) is 10.8 Å². The highest BCUT2D eigenvalue weighted by Crippen LogP contribution is 2.13. The number of carboxylic acid groups (broad SMARTS) is 1. The monoisotopic (exact) mass is 224 g/mol. The molecule has 1 aromatic heterocycles. The minimum atomic E-state index is -1.01. The first kappa shape index (κ1) is 11.9. The maximum Gasteiger partial charge on any atom is 0.323 e. The number of amides is 1. The van der Waals surface area contributed by atoms with E-state index in [0.717, 1.165) is 0 Å². The largest absolute Gasteiger partial charge is 0.480 e. The molecule has 3 N–H and O–H groups in total. The highest BCUT2D eigenvalue weighted by molar-refractivity contribution is 5.96. The molecule has 7 heteroatoms. The standard InChI is InChI=1S/C9H12N4O3/c1-2-13(5-6(14)15)9-7(8(10)16)11-3-4-12-9/h3-4H,2,5H2,1H3,(H2,10,16)(H,14,15). The van der Waals surface area contributed by atoms with Crippen molar-refractivity contribution >= 4 is 17.7 Å². The second-order valence-electron chi connectivity index (χ2n) is 3.00. The van der Waals surface area contributed by atoms with Gasteiger partial charge >= 0.3 is 5.97 Å². The summed E-state index contributed by atoms with van der Waals surface area (Å²) in [5, 5.41) is 8.70. The van der Waals surface area contributed by atoms with Gasteiger partial charge in [-0.15, -0.1) is 0 Å². The van der Waals surface area contributed by atoms with Crippen LogP contribution in [0.3, 0.4) is 0 Å². The van der Waals surface area contributed by atoms with Crippen molar-refractivity contribution in [3.8, 4) is 0 Å². The normalized spacial score (nSPS) is 9.81. The molecule has 0 saturated heterocycles. The second-order valence-corrected chi connectivity index (χ2v) is 3.00. The first-order valence-electron chi connectivity index (χ1n) is 4.63. The fourth-order valence-electron chi connectivity index (χ4n) is 1.24. The van der Waals surface area contributed by atoms with Crippen molar-refractivity contribution in [2.24, 2.45) is 5.73 Å². The van der Waals surface area contributed by atoms with E-state index >= 15 is 0 Å². The molecule has 16 heavy (non-hydrogen) atoms. The lowest BCUT2D eigenvalue weighted by molar-refractivity contribution is -0.135. The number of nitrogens with two attached hydrogens (primary N) is 1. The van der Waals surface area contributed by atoms with E-state index in [0.29, 0.717) is 6.54 Å². The molecule has 1 amide bonds. The van der Waals surface area contributed by atoms with Crippen LogP contribution in [0.2, 0.25) is 0 Å². The van der Waals surface area contributed by atoms with Gasteiger partial charge in [0.15, 0.2) is 11.5 Å². The number of carbonyl (C=O) groups excluding carboxylic acids is 1. The number of carboxylic acids is 1. The van der Waals surface area contributed by atoms with Gasteiger partial charge in [0.25, 0.3) is 5.91 Å². The van der Waals surface area contributed by atoms with Gasteiger partial charge in [0.2, 0.25) is 0 Å². The van der Waals surface area contributed by atoms with Gasteiger partial charge in [0.05, 0.1) is 0 Å². The van der Waals surface area contributed by atoms with Gasteiger partial charge in [0.1, 0.15) is 6.54 Å². The number of carbonyl (C=O) groups is 2. The third kappa shape index (κ3) is 2.66. The van der Waals surface area contributed by atoms with E-state index in [9.17, 15) is 9.59 Å². The Morgan fingerprint density at radius 3 is 2.56 bits per heavy atom. The second kappa shape index (κ2) is 5.06. The number of likely N-dealkylation sites (N-methyl/N-ethyl adjacent to an activating group) is 1. The molecule has 7 nitrogen and oxygen atoms in total. The molecule has 86 valence electrons. The molecule has 0 aliphatic heterocycles. The molecular weight excluding hydrogens is 212 g/mol. The molecule has 1 heterocycles. The predicted molar refractivity (Wildman–Crippen MR) is 56.1 cm³/mol. The summed E-state index contributed by atoms with van der Waals surface area (Å²) in [6.07, 6.45) is 2.71. The van der Waals surface area contributed by atoms with Crippen LogP contribution in [0.1, 0.15) is 17.4 Å². The highest BCUT2D eigenvalue weighted by Gasteiger charge is 2.18. The summed E-state index contributed by atoms with van der Waals surface area (Å²) in [7, 11) is 0. The summed E-state index contributed by atoms with van der Waals surface area (Å²) < 4.78 is 0. The zero-order valence-corrected chi connectivity index (χ0v) is 8.75. The fourth-order valence-corrected chi connectivity index (χ4v) is 1.24. The SMILES string of the molecule is CCN(CC(=O)O)c1nccnc1C(N)=O. The number of primary amides is 1. The van der Waals surface area contributed by atoms with Gasteiger partial charge in [-0.05, 0) is 6.92 Å². The van der Waals surface area contributed by atoms with Crippen LogP contribution in [-0.2, 0) is 4.79 Å². The minimum absolute atomic E-state index is 0.0226. The molecule has 0 aromatic carbocycles. The molecule has 1 aromatic rings. The van der Waals surface area contributed by atoms with Crippen molar-refractivity contribution in [2.45, 2.75) is 6.92 Å². The molecule has 0 aliphatic carbocycles. The van der Waals surface area contributed by atoms with Crippen LogP contribution in [0.4, 0.5) is 5.82 Å². The summed E-state index contributed by atoms with van der Waals surface area (Å²) >= 11 is 0. The summed E-state index contributed by atoms with van der Waals surface area (Å²) in [5.74, 6) is -1.55. The lowest BCUT2D eigenvalue weighted by atomic mass is 10.3. The lowest BCUT2D eigenvalue weighted by Crippen LogP contribution is -2.32. The molecule has 0 fully saturated rings. The first-order chi connectivity index (χ1) is 7.56. The zero-order chi connectivity index (χ0) is 12.1. The third-order valence-corrected chi connectivity index (χ3v) is 1.92. The van der Waals surface area contributed by atoms with E-state index < -0.39 is 11.9 Å². The lowest BCUT2D eigenvalue weighted by Gasteiger charge is -2.20. The first-order valence-corrected chi connectivity index (χ1v) is 4.63. The molecule has 0 spiro atoms. The Balaban J connectivity index is 3.08. The van der Waals surface area contributed by atoms with Crippen LogP contribution < -0.4 is 10.6 Å². The van der Waals surface area contributed by atoms with Crippen molar-refractivity contribution in [1.29, 1.82) is 0 Å². The molecule has 0 unspecified atom stereocenters. The van der Waals surface area contributed by atoms with Crippen LogP contribution in [0.15, 0.2) is 12.4 Å². The number of hydrogen-bond acceptors (Lipinski definition) is 5. The van der Waals surface area contributed by atoms with Crippen molar-refractivity contribution in [2.75, 3.05) is 18.0 Å². The Morgan fingerprint density at radius 1 is 1.44 bits per heavy atom. The number of hydrogen-bond donors (Lipinski definition) is 2. The Morgan fingerprint density at radius 2 is 2.06 bits per heavy atom. The topological polar surface area (TPSA) is 109 Å². The number of rotatable bonds is 5. The van der Waals surface area contributed by atoms with Crippen molar-refractivity contribution in [1.82, 2.24) is 9.97 Å². The van der Waals surface area contributed by atoms with E-state index in [-0.39, 0.29) is 18.1 Å². The van der Waals surface area contributed by atoms with Crippen molar-refractivity contribution < 1.29 is 14.7 Å². The van der Waals surface area contributed by atoms with Gasteiger partial charge in [-0.25, -0.2) is 9.97 Å². The van der Waals surface area contributed by atoms with Crippen molar-refractivity contribution in [3.63, 3.8) is 0 Å². The van der Waals surface area contributed by atoms with Crippen LogP contribution in [-0.4, -0.2) is 40.0 Å². The number of anilines is 1. The van der Waals surface area contributed by atoms with E-state index in [1.807, 2.05) is 0 Å². The molecular formula is C9H12N4O3. The number of aliphatic carboxylic acids is 1. The minimum Gasteiger partial charge on any atom is -0.480 e. The third-order valence-electron chi connectivity index (χ3n) is 1.92. The summed E-state index contributed by atoms with van der Waals surface area (Å²) in [5.41, 5.74) is 5.10. The van der Waals surface area contributed by atoms with Crippen molar-refractivity contribution in [3.05, 3.63) is 18.1 Å². The van der Waals surface area contributed by atoms with Gasteiger partial charge in [-0.1, -0.05) is 0 Å². The van der Waals surface area contributed by atoms with Gasteiger partial charge in [-0.3, -0.25) is 9.59 Å². The number of aromatic nitrogens is 2. The fraction of sp³-hybridized carbons (Fsp3) is 0.333. The molecule has 0 bridgehead atoms. The Labute approximate surface area is 91.9 Å². The van der Waals surface area contributed by atoms with Crippen LogP contribution in [0.5, 0.6) is 0 Å². The molecule has 0 saturated carbocycles. The summed E-state index contributed by atoms with van der Waals surface area (Å²) in [6.45, 7) is 1.89. The zero-order valence-electron chi connectivity index (χ0n) is 8.75. The van der Waals surface area contributed by atoms with Crippen LogP contribution in [0, 0.1) is 0 Å². The number of nitrogens with zero attached hydrogens (tertiary/aromatic N) is 3. The molecule has 0 atom stereocenters. The Bertz CT molecular complexity index is 407. The highest BCUT2D eigenvalue weighted by atomic mass is 16.4. The van der Waals surface area contributed by atoms with Gasteiger partial charge in [-0.2, -0.15) is 0 Å². The van der Waals surface area contributed by atoms with Crippen LogP contribution >= 0.6 is 0 Å². The molecule has 0 aliphatic rings. The van der Waals surface area contributed by atoms with Gasteiger partial charge in [0, 0.05) is 18.9 Å². The predicted octanol–water partition coefficient (Wildman–Crippen LogP) is -0.514. The van der Waals surface area contributed by atoms with Crippen LogP contribution in [0.25, 0.3) is 0 Å². The average Bonchev–Trinajstić information content (AvgIpc) is 2.25. The molecule has 1 rings (SSSR count). The quantitative estimate of drug-likeness (QED) is 0.696. The van der Waals surface area contributed by atoms with E-state index in [2.05, 4.69) is 9.97 Å². The maximum atomic E-state index is 11.1. The smallest absolute Gasteiger partial charge is 0.323 e. The molecule has 0 radical (unpaired) electrons. The Hall–Kier alpha value is -2.18. The average molecular weight is 224 g/mol. The summed E-state index contributed by atoms with van der Waals surface area (Å²) in [6, 6.07) is 0. The van der Waals surface area contributed by atoms with Gasteiger partial charge < -0.3 is 15.7 Å². The summed E-state index contributed by atoms with van der Waals surface area (Å²) in [4.78, 5) is 30.8. The van der Waals surface area contributed by atoms with E-state index in [1.54, 1.807) is 6.92 Å².